The number of rotatable bonds is 1. The Morgan fingerprint density at radius 3 is 2.27 bits per heavy atom. The van der Waals surface area contributed by atoms with E-state index in [9.17, 15) is 4.79 Å². The lowest BCUT2D eigenvalue weighted by atomic mass is 9.61. The zero-order valence-corrected chi connectivity index (χ0v) is 7.77. The number of allylic oxidation sites excluding steroid dienone is 2. The van der Waals surface area contributed by atoms with Gasteiger partial charge in [0.05, 0.1) is 0 Å². The molecule has 1 rings (SSSR count). The van der Waals surface area contributed by atoms with Gasteiger partial charge in [-0.15, -0.1) is 0 Å². The molecular weight excluding hydrogens is 136 g/mol. The summed E-state index contributed by atoms with van der Waals surface area (Å²) in [5.74, 6) is 0.587. The van der Waals surface area contributed by atoms with Crippen LogP contribution in [0.15, 0.2) is 11.6 Å². The molecule has 11 heavy (non-hydrogen) atoms. The summed E-state index contributed by atoms with van der Waals surface area (Å²) in [6.07, 6.45) is 2.84. The van der Waals surface area contributed by atoms with Crippen LogP contribution in [0.1, 0.15) is 34.1 Å². The number of hydrogen-bond donors (Lipinski definition) is 0. The Labute approximate surface area is 68.5 Å². The highest BCUT2D eigenvalue weighted by Crippen LogP contribution is 2.43. The topological polar surface area (TPSA) is 17.1 Å². The first-order valence-electron chi connectivity index (χ1n) is 4.11. The number of carbonyl (C=O) groups is 1. The molecule has 1 saturated carbocycles. The van der Waals surface area contributed by atoms with Gasteiger partial charge in [-0.3, -0.25) is 4.79 Å². The molecule has 1 aliphatic rings. The summed E-state index contributed by atoms with van der Waals surface area (Å²) in [7, 11) is 0. The normalized spacial score (nSPS) is 27.6. The second-order valence-corrected chi connectivity index (χ2v) is 4.35. The summed E-state index contributed by atoms with van der Waals surface area (Å²) in [4.78, 5) is 11.1. The van der Waals surface area contributed by atoms with Gasteiger partial charge in [-0.25, -0.2) is 0 Å². The Balaban J connectivity index is 2.72. The van der Waals surface area contributed by atoms with Crippen LogP contribution in [0.4, 0.5) is 0 Å². The molecule has 0 N–H and O–H groups in total. The molecule has 0 radical (unpaired) electrons. The maximum Gasteiger partial charge on any atom is 0.140 e. The summed E-state index contributed by atoms with van der Waals surface area (Å²) < 4.78 is 0. The summed E-state index contributed by atoms with van der Waals surface area (Å²) in [5.41, 5.74) is 1.46. The molecular formula is C10H16O. The first-order valence-corrected chi connectivity index (χ1v) is 4.11. The lowest BCUT2D eigenvalue weighted by Crippen LogP contribution is -2.43. The van der Waals surface area contributed by atoms with Gasteiger partial charge in [0.2, 0.25) is 0 Å². The maximum atomic E-state index is 11.1. The van der Waals surface area contributed by atoms with Crippen LogP contribution in [0.25, 0.3) is 0 Å². The number of Topliss-reactive ketones (excluding diaryl/α,β-unsaturated/α-hetero) is 1. The lowest BCUT2D eigenvalue weighted by Gasteiger charge is -2.41. The molecule has 1 aliphatic carbocycles. The molecule has 0 amide bonds. The minimum Gasteiger partial charge on any atom is -0.299 e. The van der Waals surface area contributed by atoms with Crippen LogP contribution in [-0.2, 0) is 4.79 Å². The predicted molar refractivity (Wildman–Crippen MR) is 46.3 cm³/mol. The first kappa shape index (κ1) is 8.51. The second-order valence-electron chi connectivity index (χ2n) is 4.35. The van der Waals surface area contributed by atoms with E-state index >= 15 is 0 Å². The number of hydrogen-bond acceptors (Lipinski definition) is 1. The fourth-order valence-electron chi connectivity index (χ4n) is 1.63. The predicted octanol–water partition coefficient (Wildman–Crippen LogP) is 2.57. The Morgan fingerprint density at radius 2 is 2.09 bits per heavy atom. The summed E-state index contributed by atoms with van der Waals surface area (Å²) in [6.45, 7) is 8.39. The van der Waals surface area contributed by atoms with Gasteiger partial charge in [-0.2, -0.15) is 0 Å². The van der Waals surface area contributed by atoms with E-state index in [-0.39, 0.29) is 11.3 Å². The third kappa shape index (κ3) is 1.52. The Kier molecular flexibility index (Phi) is 1.91. The van der Waals surface area contributed by atoms with E-state index in [1.807, 2.05) is 13.8 Å². The van der Waals surface area contributed by atoms with Crippen molar-refractivity contribution in [1.82, 2.24) is 0 Å². The summed E-state index contributed by atoms with van der Waals surface area (Å²) in [6, 6.07) is 0. The van der Waals surface area contributed by atoms with E-state index in [1.165, 1.54) is 5.57 Å². The minimum absolute atomic E-state index is 0.187. The van der Waals surface area contributed by atoms with Gasteiger partial charge in [0.15, 0.2) is 0 Å². The minimum atomic E-state index is 0.187. The Hall–Kier alpha value is -0.590. The molecule has 1 nitrogen and oxygen atoms in total. The third-order valence-electron chi connectivity index (χ3n) is 2.32. The van der Waals surface area contributed by atoms with Crippen molar-refractivity contribution in [3.8, 4) is 0 Å². The fraction of sp³-hybridized carbons (Fsp3) is 0.700. The quantitative estimate of drug-likeness (QED) is 0.528. The van der Waals surface area contributed by atoms with Gasteiger partial charge in [-0.05, 0) is 19.3 Å². The van der Waals surface area contributed by atoms with Crippen molar-refractivity contribution >= 4 is 5.78 Å². The monoisotopic (exact) mass is 152 g/mol. The fourth-order valence-corrected chi connectivity index (χ4v) is 1.63. The van der Waals surface area contributed by atoms with Crippen LogP contribution >= 0.6 is 0 Å². The van der Waals surface area contributed by atoms with Crippen molar-refractivity contribution < 1.29 is 4.79 Å². The van der Waals surface area contributed by atoms with Crippen molar-refractivity contribution in [3.63, 3.8) is 0 Å². The van der Waals surface area contributed by atoms with Crippen LogP contribution in [0, 0.1) is 11.3 Å². The SMILES string of the molecule is CC(C)=CC1C(=O)CC1(C)C. The van der Waals surface area contributed by atoms with E-state index in [0.29, 0.717) is 5.78 Å². The highest BCUT2D eigenvalue weighted by Gasteiger charge is 2.44. The molecule has 1 atom stereocenters. The van der Waals surface area contributed by atoms with Gasteiger partial charge in [-0.1, -0.05) is 25.5 Å². The van der Waals surface area contributed by atoms with Crippen molar-refractivity contribution in [2.75, 3.05) is 0 Å². The van der Waals surface area contributed by atoms with Crippen molar-refractivity contribution in [1.29, 1.82) is 0 Å². The molecule has 0 bridgehead atoms. The molecule has 0 spiro atoms. The molecule has 0 aromatic carbocycles. The molecule has 0 aromatic heterocycles. The van der Waals surface area contributed by atoms with Gasteiger partial charge >= 0.3 is 0 Å². The molecule has 1 unspecified atom stereocenters. The maximum absolute atomic E-state index is 11.1. The average Bonchev–Trinajstić information content (AvgIpc) is 1.82. The first-order chi connectivity index (χ1) is 4.93. The smallest absolute Gasteiger partial charge is 0.140 e. The van der Waals surface area contributed by atoms with Gasteiger partial charge in [0, 0.05) is 12.3 Å². The average molecular weight is 152 g/mol. The lowest BCUT2D eigenvalue weighted by molar-refractivity contribution is -0.136. The molecule has 0 aromatic rings. The zero-order chi connectivity index (χ0) is 8.65. The van der Waals surface area contributed by atoms with Crippen molar-refractivity contribution in [3.05, 3.63) is 11.6 Å². The number of ketones is 1. The van der Waals surface area contributed by atoms with Crippen molar-refractivity contribution in [2.45, 2.75) is 34.1 Å². The van der Waals surface area contributed by atoms with Crippen LogP contribution in [0.2, 0.25) is 0 Å². The van der Waals surface area contributed by atoms with E-state index in [2.05, 4.69) is 19.9 Å². The van der Waals surface area contributed by atoms with Crippen molar-refractivity contribution in [2.24, 2.45) is 11.3 Å². The zero-order valence-electron chi connectivity index (χ0n) is 7.77. The highest BCUT2D eigenvalue weighted by molar-refractivity contribution is 5.90. The van der Waals surface area contributed by atoms with Crippen LogP contribution in [-0.4, -0.2) is 5.78 Å². The standard InChI is InChI=1S/C10H16O/c1-7(2)5-8-9(11)6-10(8,3)4/h5,8H,6H2,1-4H3. The third-order valence-corrected chi connectivity index (χ3v) is 2.32. The largest absolute Gasteiger partial charge is 0.299 e. The summed E-state index contributed by atoms with van der Waals surface area (Å²) in [5, 5.41) is 0. The second kappa shape index (κ2) is 2.47. The molecule has 1 heteroatoms. The molecule has 0 heterocycles. The highest BCUT2D eigenvalue weighted by atomic mass is 16.1. The van der Waals surface area contributed by atoms with Crippen LogP contribution < -0.4 is 0 Å². The molecule has 1 fully saturated rings. The number of carbonyl (C=O) groups excluding carboxylic acids is 1. The van der Waals surface area contributed by atoms with Gasteiger partial charge in [0.1, 0.15) is 5.78 Å². The van der Waals surface area contributed by atoms with Gasteiger partial charge < -0.3 is 0 Å². The van der Waals surface area contributed by atoms with Crippen LogP contribution in [0.3, 0.4) is 0 Å². The molecule has 62 valence electrons. The van der Waals surface area contributed by atoms with E-state index < -0.39 is 0 Å². The van der Waals surface area contributed by atoms with Crippen LogP contribution in [0.5, 0.6) is 0 Å². The van der Waals surface area contributed by atoms with E-state index in [1.54, 1.807) is 0 Å². The van der Waals surface area contributed by atoms with E-state index in [0.717, 1.165) is 6.42 Å². The molecule has 0 saturated heterocycles. The Bertz CT molecular complexity index is 207. The van der Waals surface area contributed by atoms with Gasteiger partial charge in [0.25, 0.3) is 0 Å². The Morgan fingerprint density at radius 1 is 1.55 bits per heavy atom. The molecule has 0 aliphatic heterocycles. The van der Waals surface area contributed by atoms with E-state index in [4.69, 9.17) is 0 Å². The summed E-state index contributed by atoms with van der Waals surface area (Å²) >= 11 is 0.